The van der Waals surface area contributed by atoms with E-state index in [0.29, 0.717) is 0 Å². The largest absolute Gasteiger partial charge is 0.256 e. The van der Waals surface area contributed by atoms with Gasteiger partial charge < -0.3 is 0 Å². The van der Waals surface area contributed by atoms with Crippen molar-refractivity contribution >= 4 is 54.5 Å². The zero-order valence-electron chi connectivity index (χ0n) is 26.8. The predicted octanol–water partition coefficient (Wildman–Crippen LogP) is 11.1. The molecule has 0 aliphatic rings. The first kappa shape index (κ1) is 28.2. The first-order valence-corrected chi connectivity index (χ1v) is 16.6. The van der Waals surface area contributed by atoms with Gasteiger partial charge in [0, 0.05) is 56.6 Å². The van der Waals surface area contributed by atoms with E-state index in [1.807, 2.05) is 36.8 Å². The van der Waals surface area contributed by atoms with Crippen molar-refractivity contribution in [3.8, 4) is 44.8 Å². The first-order valence-electron chi connectivity index (χ1n) is 16.6. The Morgan fingerprint density at radius 1 is 0.320 bits per heavy atom. The maximum atomic E-state index is 5.13. The molecule has 10 rings (SSSR count). The topological polar surface area (TPSA) is 64.5 Å². The molecule has 0 saturated carbocycles. The molecule has 0 bridgehead atoms. The molecule has 0 spiro atoms. The van der Waals surface area contributed by atoms with Gasteiger partial charge in [0.1, 0.15) is 0 Å². The van der Waals surface area contributed by atoms with E-state index < -0.39 is 0 Å². The van der Waals surface area contributed by atoms with Crippen LogP contribution in [0.15, 0.2) is 164 Å². The van der Waals surface area contributed by atoms with E-state index >= 15 is 0 Å². The highest BCUT2D eigenvalue weighted by molar-refractivity contribution is 6.10. The highest BCUT2D eigenvalue weighted by Crippen LogP contribution is 2.35. The molecule has 50 heavy (non-hydrogen) atoms. The fraction of sp³-hybridized carbons (Fsp3) is 0. The van der Waals surface area contributed by atoms with Crippen molar-refractivity contribution in [1.29, 1.82) is 0 Å². The van der Waals surface area contributed by atoms with Gasteiger partial charge in [-0.25, -0.2) is 9.97 Å². The van der Waals surface area contributed by atoms with Gasteiger partial charge in [0.15, 0.2) is 0 Å². The summed E-state index contributed by atoms with van der Waals surface area (Å²) < 4.78 is 0. The lowest BCUT2D eigenvalue weighted by Gasteiger charge is -2.11. The molecule has 5 nitrogen and oxygen atoms in total. The number of rotatable bonds is 4. The fourth-order valence-electron chi connectivity index (χ4n) is 7.05. The standard InChI is InChI=1S/C45H27N5/c1-5-32-6-2-22-46-43(32)37(8-1)40-21-19-31-15-17-34(27-42(31)50-40)33-16-14-30-18-20-39(49-41(30)26-33)29-12-10-28(11-13-29)38-25-35-7-3-23-47-44(35)45-36(38)9-4-24-48-45/h1-27H. The third-order valence-corrected chi connectivity index (χ3v) is 9.58. The van der Waals surface area contributed by atoms with Crippen molar-refractivity contribution in [2.75, 3.05) is 0 Å². The van der Waals surface area contributed by atoms with Crippen LogP contribution in [-0.2, 0) is 0 Å². The van der Waals surface area contributed by atoms with E-state index in [2.05, 4.69) is 142 Å². The minimum Gasteiger partial charge on any atom is -0.256 e. The van der Waals surface area contributed by atoms with Crippen molar-refractivity contribution in [2.45, 2.75) is 0 Å². The molecule has 0 radical (unpaired) electrons. The van der Waals surface area contributed by atoms with Crippen LogP contribution in [0.1, 0.15) is 0 Å². The molecular weight excluding hydrogens is 611 g/mol. The van der Waals surface area contributed by atoms with Crippen molar-refractivity contribution in [1.82, 2.24) is 24.9 Å². The summed E-state index contributed by atoms with van der Waals surface area (Å²) in [5.41, 5.74) is 13.1. The molecule has 5 heterocycles. The number of nitrogens with zero attached hydrogens (tertiary/aromatic N) is 5. The summed E-state index contributed by atoms with van der Waals surface area (Å²) in [5.74, 6) is 0. The van der Waals surface area contributed by atoms with Crippen LogP contribution in [0.2, 0.25) is 0 Å². The maximum Gasteiger partial charge on any atom is 0.0970 e. The van der Waals surface area contributed by atoms with E-state index in [-0.39, 0.29) is 0 Å². The van der Waals surface area contributed by atoms with Crippen molar-refractivity contribution in [3.63, 3.8) is 0 Å². The molecule has 0 aliphatic heterocycles. The summed E-state index contributed by atoms with van der Waals surface area (Å²) >= 11 is 0. The minimum atomic E-state index is 0.914. The monoisotopic (exact) mass is 637 g/mol. The van der Waals surface area contributed by atoms with Crippen LogP contribution in [0.25, 0.3) is 99.3 Å². The summed E-state index contributed by atoms with van der Waals surface area (Å²) in [6, 6.07) is 50.8. The van der Waals surface area contributed by atoms with Gasteiger partial charge in [-0.15, -0.1) is 0 Å². The summed E-state index contributed by atoms with van der Waals surface area (Å²) in [6.07, 6.45) is 5.49. The van der Waals surface area contributed by atoms with Gasteiger partial charge in [0.25, 0.3) is 0 Å². The van der Waals surface area contributed by atoms with Crippen LogP contribution in [0.4, 0.5) is 0 Å². The molecule has 0 atom stereocenters. The molecule has 0 fully saturated rings. The fourth-order valence-corrected chi connectivity index (χ4v) is 7.05. The first-order chi connectivity index (χ1) is 24.7. The van der Waals surface area contributed by atoms with E-state index in [0.717, 1.165) is 99.3 Å². The molecule has 232 valence electrons. The smallest absolute Gasteiger partial charge is 0.0970 e. The van der Waals surface area contributed by atoms with Crippen LogP contribution in [0.5, 0.6) is 0 Å². The number of hydrogen-bond acceptors (Lipinski definition) is 5. The van der Waals surface area contributed by atoms with Gasteiger partial charge in [0.2, 0.25) is 0 Å². The Bertz CT molecular complexity index is 2930. The van der Waals surface area contributed by atoms with E-state index in [9.17, 15) is 0 Å². The van der Waals surface area contributed by atoms with Crippen molar-refractivity contribution in [2.24, 2.45) is 0 Å². The number of para-hydroxylation sites is 1. The normalized spacial score (nSPS) is 11.6. The number of hydrogen-bond donors (Lipinski definition) is 0. The van der Waals surface area contributed by atoms with Crippen LogP contribution >= 0.6 is 0 Å². The summed E-state index contributed by atoms with van der Waals surface area (Å²) in [4.78, 5) is 24.2. The number of pyridine rings is 5. The number of aromatic nitrogens is 5. The Labute approximate surface area is 287 Å². The van der Waals surface area contributed by atoms with Crippen LogP contribution in [0.3, 0.4) is 0 Å². The summed E-state index contributed by atoms with van der Waals surface area (Å²) in [6.45, 7) is 0. The highest BCUT2D eigenvalue weighted by atomic mass is 14.7. The van der Waals surface area contributed by atoms with Gasteiger partial charge in [-0.2, -0.15) is 0 Å². The lowest BCUT2D eigenvalue weighted by Crippen LogP contribution is -1.90. The molecule has 0 N–H and O–H groups in total. The van der Waals surface area contributed by atoms with Gasteiger partial charge in [-0.3, -0.25) is 15.0 Å². The average molecular weight is 638 g/mol. The summed E-state index contributed by atoms with van der Waals surface area (Å²) in [7, 11) is 0. The second kappa shape index (κ2) is 11.4. The molecule has 5 aromatic heterocycles. The van der Waals surface area contributed by atoms with Gasteiger partial charge >= 0.3 is 0 Å². The second-order valence-electron chi connectivity index (χ2n) is 12.6. The number of benzene rings is 5. The Morgan fingerprint density at radius 2 is 0.880 bits per heavy atom. The lowest BCUT2D eigenvalue weighted by molar-refractivity contribution is 1.37. The molecule has 5 aromatic carbocycles. The molecule has 0 amide bonds. The second-order valence-corrected chi connectivity index (χ2v) is 12.6. The lowest BCUT2D eigenvalue weighted by atomic mass is 9.96. The Balaban J connectivity index is 0.998. The molecule has 10 aromatic rings. The van der Waals surface area contributed by atoms with Crippen LogP contribution in [0, 0.1) is 0 Å². The Morgan fingerprint density at radius 3 is 1.64 bits per heavy atom. The molecule has 0 unspecified atom stereocenters. The zero-order chi connectivity index (χ0) is 33.0. The van der Waals surface area contributed by atoms with Crippen molar-refractivity contribution in [3.05, 3.63) is 164 Å². The zero-order valence-corrected chi connectivity index (χ0v) is 26.8. The number of fused-ring (bicyclic) bond motifs is 6. The average Bonchev–Trinajstić information content (AvgIpc) is 3.19. The van der Waals surface area contributed by atoms with Crippen LogP contribution < -0.4 is 0 Å². The molecule has 0 aliphatic carbocycles. The van der Waals surface area contributed by atoms with Crippen LogP contribution in [-0.4, -0.2) is 24.9 Å². The van der Waals surface area contributed by atoms with Gasteiger partial charge in [-0.05, 0) is 70.8 Å². The SMILES string of the molecule is c1cnc2c(-c3ccc4ccc(-c5ccc6ccc(-c7ccc(-c8cc9cccnc9c9ncccc89)cc7)nc6c5)cc4n3)cccc2c1. The third-order valence-electron chi connectivity index (χ3n) is 9.58. The van der Waals surface area contributed by atoms with E-state index in [1.54, 1.807) is 0 Å². The van der Waals surface area contributed by atoms with Gasteiger partial charge in [-0.1, -0.05) is 97.1 Å². The Kier molecular flexibility index (Phi) is 6.42. The minimum absolute atomic E-state index is 0.914. The third kappa shape index (κ3) is 4.75. The quantitative estimate of drug-likeness (QED) is 0.180. The summed E-state index contributed by atoms with van der Waals surface area (Å²) in [5, 5.41) is 5.47. The molecular formula is C45H27N5. The van der Waals surface area contributed by atoms with Gasteiger partial charge in [0.05, 0.1) is 39.0 Å². The Hall–Kier alpha value is -6.85. The molecule has 0 saturated heterocycles. The maximum absolute atomic E-state index is 5.13. The molecule has 5 heteroatoms. The van der Waals surface area contributed by atoms with Crippen molar-refractivity contribution < 1.29 is 0 Å². The van der Waals surface area contributed by atoms with E-state index in [1.165, 1.54) is 0 Å². The van der Waals surface area contributed by atoms with E-state index in [4.69, 9.17) is 9.97 Å². The highest BCUT2D eigenvalue weighted by Gasteiger charge is 2.12. The predicted molar refractivity (Wildman–Crippen MR) is 205 cm³/mol.